The normalized spacial score (nSPS) is 21.5. The third-order valence-corrected chi connectivity index (χ3v) is 5.40. The van der Waals surface area contributed by atoms with Crippen molar-refractivity contribution in [2.45, 2.75) is 25.5 Å². The lowest BCUT2D eigenvalue weighted by Gasteiger charge is -2.37. The van der Waals surface area contributed by atoms with Crippen molar-refractivity contribution in [3.05, 3.63) is 59.8 Å². The Balaban J connectivity index is 1.42. The fourth-order valence-corrected chi connectivity index (χ4v) is 4.06. The van der Waals surface area contributed by atoms with Crippen molar-refractivity contribution >= 4 is 16.8 Å². The van der Waals surface area contributed by atoms with E-state index >= 15 is 0 Å². The van der Waals surface area contributed by atoms with Gasteiger partial charge in [0.2, 0.25) is 6.10 Å². The van der Waals surface area contributed by atoms with Crippen LogP contribution in [-0.4, -0.2) is 35.0 Å². The van der Waals surface area contributed by atoms with Crippen molar-refractivity contribution in [3.8, 4) is 11.5 Å². The summed E-state index contributed by atoms with van der Waals surface area (Å²) >= 11 is 0. The molecule has 0 radical (unpaired) electrons. The van der Waals surface area contributed by atoms with Crippen molar-refractivity contribution in [2.24, 2.45) is 0 Å². The predicted octanol–water partition coefficient (Wildman–Crippen LogP) is 3.45. The number of hydrogen-bond acceptors (Lipinski definition) is 3. The summed E-state index contributed by atoms with van der Waals surface area (Å²) in [6.45, 7) is 3.01. The highest BCUT2D eigenvalue weighted by Crippen LogP contribution is 2.36. The molecule has 0 fully saturated rings. The summed E-state index contributed by atoms with van der Waals surface area (Å²) in [6.07, 6.45) is 0.248. The van der Waals surface area contributed by atoms with Crippen LogP contribution in [0.5, 0.6) is 11.5 Å². The van der Waals surface area contributed by atoms with Crippen LogP contribution in [0, 0.1) is 0 Å². The van der Waals surface area contributed by atoms with Crippen LogP contribution in [0.3, 0.4) is 0 Å². The van der Waals surface area contributed by atoms with E-state index in [2.05, 4.69) is 30.1 Å². The van der Waals surface area contributed by atoms with Crippen molar-refractivity contribution in [3.63, 3.8) is 0 Å². The molecule has 0 saturated heterocycles. The van der Waals surface area contributed by atoms with Crippen molar-refractivity contribution in [1.29, 1.82) is 0 Å². The molecule has 2 aliphatic rings. The number of carbonyl (C=O) groups is 1. The van der Waals surface area contributed by atoms with Gasteiger partial charge in [-0.15, -0.1) is 0 Å². The highest BCUT2D eigenvalue weighted by molar-refractivity contribution is 5.87. The number of nitrogens with zero attached hydrogens (tertiary/aromatic N) is 1. The van der Waals surface area contributed by atoms with Crippen LogP contribution in [0.1, 0.15) is 24.2 Å². The Morgan fingerprint density at radius 1 is 1.12 bits per heavy atom. The first kappa shape index (κ1) is 15.3. The van der Waals surface area contributed by atoms with Crippen LogP contribution in [0.2, 0.25) is 0 Å². The summed E-state index contributed by atoms with van der Waals surface area (Å²) in [5, 5.41) is 1.26. The number of nitrogens with one attached hydrogen (secondary N) is 1. The van der Waals surface area contributed by atoms with Crippen molar-refractivity contribution in [2.75, 3.05) is 13.2 Å². The van der Waals surface area contributed by atoms with Gasteiger partial charge >= 0.3 is 0 Å². The predicted molar refractivity (Wildman–Crippen MR) is 98.5 cm³/mol. The number of ether oxygens (including phenoxy) is 2. The molecule has 2 aromatic carbocycles. The van der Waals surface area contributed by atoms with Gasteiger partial charge in [0.05, 0.1) is 6.04 Å². The number of carbonyl (C=O) groups excluding carboxylic acids is 1. The molecule has 26 heavy (non-hydrogen) atoms. The Labute approximate surface area is 151 Å². The summed E-state index contributed by atoms with van der Waals surface area (Å²) in [5.41, 5.74) is 3.58. The fourth-order valence-electron chi connectivity index (χ4n) is 4.06. The van der Waals surface area contributed by atoms with Crippen LogP contribution in [0.25, 0.3) is 10.9 Å². The van der Waals surface area contributed by atoms with Gasteiger partial charge in [0, 0.05) is 23.1 Å². The number of rotatable bonds is 1. The summed E-state index contributed by atoms with van der Waals surface area (Å²) < 4.78 is 11.6. The number of aromatic amines is 1. The van der Waals surface area contributed by atoms with Crippen molar-refractivity contribution in [1.82, 2.24) is 9.88 Å². The second-order valence-electron chi connectivity index (χ2n) is 6.88. The molecule has 5 rings (SSSR count). The number of hydrogen-bond donors (Lipinski definition) is 1. The van der Waals surface area contributed by atoms with E-state index in [1.807, 2.05) is 35.2 Å². The molecule has 5 nitrogen and oxygen atoms in total. The largest absolute Gasteiger partial charge is 0.485 e. The molecule has 5 heteroatoms. The summed E-state index contributed by atoms with van der Waals surface area (Å²) in [5.74, 6) is 1.31. The zero-order chi connectivity index (χ0) is 17.7. The molecule has 0 unspecified atom stereocenters. The van der Waals surface area contributed by atoms with Gasteiger partial charge in [0.1, 0.15) is 6.61 Å². The number of para-hydroxylation sites is 3. The standard InChI is InChI=1S/C21H20N2O3/c1-13-20-15(14-6-2-3-7-16(14)22-20)10-11-23(13)21(24)19-12-25-17-8-4-5-9-18(17)26-19/h2-9,13,19,22H,10-12H2,1H3/t13-,19-/m0/s1. The van der Waals surface area contributed by atoms with Crippen LogP contribution >= 0.6 is 0 Å². The van der Waals surface area contributed by atoms with Gasteiger partial charge in [-0.25, -0.2) is 0 Å². The number of aromatic nitrogens is 1. The van der Waals surface area contributed by atoms with Crippen molar-refractivity contribution < 1.29 is 14.3 Å². The quantitative estimate of drug-likeness (QED) is 0.733. The fraction of sp³-hybridized carbons (Fsp3) is 0.286. The molecule has 2 aliphatic heterocycles. The van der Waals surface area contributed by atoms with E-state index in [1.165, 1.54) is 10.9 Å². The first-order chi connectivity index (χ1) is 12.7. The smallest absolute Gasteiger partial charge is 0.267 e. The third kappa shape index (κ3) is 2.27. The Morgan fingerprint density at radius 3 is 2.77 bits per heavy atom. The zero-order valence-corrected chi connectivity index (χ0v) is 14.6. The van der Waals surface area contributed by atoms with Gasteiger partial charge in [-0.2, -0.15) is 0 Å². The maximum Gasteiger partial charge on any atom is 0.267 e. The van der Waals surface area contributed by atoms with E-state index in [1.54, 1.807) is 0 Å². The lowest BCUT2D eigenvalue weighted by Crippen LogP contribution is -2.49. The average Bonchev–Trinajstić information content (AvgIpc) is 3.07. The van der Waals surface area contributed by atoms with Gasteiger partial charge in [-0.1, -0.05) is 30.3 Å². The second kappa shape index (κ2) is 5.80. The molecule has 1 amide bonds. The molecule has 1 aromatic heterocycles. The minimum atomic E-state index is -0.599. The first-order valence-electron chi connectivity index (χ1n) is 9.01. The van der Waals surface area contributed by atoms with Crippen LogP contribution in [0.15, 0.2) is 48.5 Å². The Hall–Kier alpha value is -2.95. The van der Waals surface area contributed by atoms with Crippen LogP contribution < -0.4 is 9.47 Å². The SMILES string of the molecule is C[C@H]1c2[nH]c3ccccc3c2CCN1C(=O)[C@@H]1COc2ccccc2O1. The average molecular weight is 348 g/mol. The summed E-state index contributed by atoms with van der Waals surface area (Å²) in [7, 11) is 0. The maximum absolute atomic E-state index is 13.1. The molecular formula is C21H20N2O3. The molecule has 3 aromatic rings. The minimum Gasteiger partial charge on any atom is -0.485 e. The Bertz CT molecular complexity index is 994. The third-order valence-electron chi connectivity index (χ3n) is 5.40. The monoisotopic (exact) mass is 348 g/mol. The minimum absolute atomic E-state index is 0.0144. The van der Waals surface area contributed by atoms with E-state index in [0.717, 1.165) is 17.6 Å². The topological polar surface area (TPSA) is 54.6 Å². The molecule has 0 aliphatic carbocycles. The molecule has 0 saturated carbocycles. The second-order valence-corrected chi connectivity index (χ2v) is 6.88. The summed E-state index contributed by atoms with van der Waals surface area (Å²) in [6, 6.07) is 15.8. The first-order valence-corrected chi connectivity index (χ1v) is 9.01. The van der Waals surface area contributed by atoms with E-state index in [9.17, 15) is 4.79 Å². The summed E-state index contributed by atoms with van der Waals surface area (Å²) in [4.78, 5) is 18.5. The van der Waals surface area contributed by atoms with Gasteiger partial charge in [0.15, 0.2) is 11.5 Å². The van der Waals surface area contributed by atoms with Gasteiger partial charge < -0.3 is 19.4 Å². The van der Waals surface area contributed by atoms with Crippen LogP contribution in [-0.2, 0) is 11.2 Å². The number of amides is 1. The Morgan fingerprint density at radius 2 is 1.88 bits per heavy atom. The molecular weight excluding hydrogens is 328 g/mol. The number of benzene rings is 2. The maximum atomic E-state index is 13.1. The van der Waals surface area contributed by atoms with E-state index in [0.29, 0.717) is 18.0 Å². The van der Waals surface area contributed by atoms with Gasteiger partial charge in [-0.05, 0) is 37.1 Å². The number of H-pyrrole nitrogens is 1. The van der Waals surface area contributed by atoms with Gasteiger partial charge in [-0.3, -0.25) is 4.79 Å². The molecule has 1 N–H and O–H groups in total. The molecule has 3 heterocycles. The lowest BCUT2D eigenvalue weighted by atomic mass is 9.97. The van der Waals surface area contributed by atoms with E-state index < -0.39 is 6.10 Å². The lowest BCUT2D eigenvalue weighted by molar-refractivity contribution is -0.144. The molecule has 132 valence electrons. The highest BCUT2D eigenvalue weighted by atomic mass is 16.6. The zero-order valence-electron chi connectivity index (χ0n) is 14.6. The van der Waals surface area contributed by atoms with E-state index in [4.69, 9.17) is 9.47 Å². The van der Waals surface area contributed by atoms with Gasteiger partial charge in [0.25, 0.3) is 5.91 Å². The van der Waals surface area contributed by atoms with Crippen LogP contribution in [0.4, 0.5) is 0 Å². The molecule has 2 atom stereocenters. The molecule has 0 spiro atoms. The van der Waals surface area contributed by atoms with E-state index in [-0.39, 0.29) is 18.6 Å². The Kier molecular flexibility index (Phi) is 3.42. The number of fused-ring (bicyclic) bond motifs is 4. The molecule has 0 bridgehead atoms. The highest BCUT2D eigenvalue weighted by Gasteiger charge is 2.36.